The fourth-order valence-electron chi connectivity index (χ4n) is 2.90. The van der Waals surface area contributed by atoms with E-state index in [1.807, 2.05) is 47.9 Å². The second-order valence-electron chi connectivity index (χ2n) is 5.64. The summed E-state index contributed by atoms with van der Waals surface area (Å²) < 4.78 is 16.1. The number of carbonyl (C=O) groups is 1. The predicted molar refractivity (Wildman–Crippen MR) is 98.3 cm³/mol. The van der Waals surface area contributed by atoms with Crippen molar-refractivity contribution in [3.05, 3.63) is 70.7 Å². The summed E-state index contributed by atoms with van der Waals surface area (Å²) in [5.74, 6) is 1.42. The molecule has 1 atom stereocenters. The number of ether oxygens (including phenoxy) is 3. The van der Waals surface area contributed by atoms with E-state index in [4.69, 9.17) is 14.2 Å². The molecule has 0 spiro atoms. The molecule has 0 saturated carbocycles. The van der Waals surface area contributed by atoms with Crippen molar-refractivity contribution >= 4 is 17.1 Å². The highest BCUT2D eigenvalue weighted by atomic mass is 32.1. The van der Waals surface area contributed by atoms with Crippen molar-refractivity contribution < 1.29 is 19.0 Å². The first kappa shape index (κ1) is 17.3. The molecule has 2 aromatic rings. The van der Waals surface area contributed by atoms with E-state index in [2.05, 4.69) is 0 Å². The molecule has 0 bridgehead atoms. The molecule has 1 aromatic heterocycles. The van der Waals surface area contributed by atoms with Crippen molar-refractivity contribution in [2.24, 2.45) is 5.92 Å². The SMILES string of the molecule is COC1=CC(C(=O)c2csc(-c3ccccc3)c2)CC(OC)=C1OC. The fourth-order valence-corrected chi connectivity index (χ4v) is 3.81. The first-order valence-corrected chi connectivity index (χ1v) is 8.81. The quantitative estimate of drug-likeness (QED) is 0.707. The van der Waals surface area contributed by atoms with Gasteiger partial charge in [0.05, 0.1) is 27.2 Å². The van der Waals surface area contributed by atoms with Crippen molar-refractivity contribution in [2.75, 3.05) is 21.3 Å². The lowest BCUT2D eigenvalue weighted by Crippen LogP contribution is -2.20. The second-order valence-corrected chi connectivity index (χ2v) is 6.55. The lowest BCUT2D eigenvalue weighted by Gasteiger charge is -2.23. The van der Waals surface area contributed by atoms with E-state index < -0.39 is 0 Å². The van der Waals surface area contributed by atoms with Crippen LogP contribution in [0.5, 0.6) is 0 Å². The number of benzene rings is 1. The van der Waals surface area contributed by atoms with Crippen molar-refractivity contribution in [1.29, 1.82) is 0 Å². The van der Waals surface area contributed by atoms with E-state index in [1.54, 1.807) is 32.7 Å². The van der Waals surface area contributed by atoms with Gasteiger partial charge in [0.2, 0.25) is 0 Å². The number of carbonyl (C=O) groups excluding carboxylic acids is 1. The zero-order valence-corrected chi connectivity index (χ0v) is 15.3. The molecule has 25 heavy (non-hydrogen) atoms. The molecule has 1 aliphatic rings. The molecule has 0 aliphatic heterocycles. The largest absolute Gasteiger partial charge is 0.497 e. The predicted octanol–water partition coefficient (Wildman–Crippen LogP) is 4.65. The van der Waals surface area contributed by atoms with Crippen LogP contribution in [-0.4, -0.2) is 27.1 Å². The van der Waals surface area contributed by atoms with Crippen LogP contribution in [-0.2, 0) is 14.2 Å². The first-order valence-electron chi connectivity index (χ1n) is 7.93. The summed E-state index contributed by atoms with van der Waals surface area (Å²) in [6.07, 6.45) is 2.27. The first-order chi connectivity index (χ1) is 12.2. The van der Waals surface area contributed by atoms with Gasteiger partial charge in [0.15, 0.2) is 17.3 Å². The molecular weight excluding hydrogens is 336 g/mol. The van der Waals surface area contributed by atoms with Crippen LogP contribution < -0.4 is 0 Å². The number of allylic oxidation sites excluding steroid dienone is 2. The molecule has 1 aromatic carbocycles. The molecule has 3 rings (SSSR count). The van der Waals surface area contributed by atoms with Gasteiger partial charge in [0.1, 0.15) is 5.76 Å². The number of rotatable bonds is 6. The molecule has 0 fully saturated rings. The number of hydrogen-bond acceptors (Lipinski definition) is 5. The highest BCUT2D eigenvalue weighted by molar-refractivity contribution is 7.13. The molecule has 0 saturated heterocycles. The minimum atomic E-state index is -0.331. The van der Waals surface area contributed by atoms with Crippen LogP contribution in [0.15, 0.2) is 65.1 Å². The van der Waals surface area contributed by atoms with Crippen molar-refractivity contribution in [3.63, 3.8) is 0 Å². The van der Waals surface area contributed by atoms with Crippen LogP contribution in [0, 0.1) is 5.92 Å². The minimum absolute atomic E-state index is 0.0534. The van der Waals surface area contributed by atoms with Gasteiger partial charge in [-0.05, 0) is 17.7 Å². The zero-order chi connectivity index (χ0) is 17.8. The van der Waals surface area contributed by atoms with Gasteiger partial charge < -0.3 is 14.2 Å². The molecule has 1 heterocycles. The molecule has 1 aliphatic carbocycles. The monoisotopic (exact) mass is 356 g/mol. The Morgan fingerprint density at radius 1 is 1.08 bits per heavy atom. The average Bonchev–Trinajstić information content (AvgIpc) is 3.17. The summed E-state index contributed by atoms with van der Waals surface area (Å²) in [5, 5.41) is 1.91. The topological polar surface area (TPSA) is 44.8 Å². The number of ketones is 1. The maximum absolute atomic E-state index is 12.9. The molecule has 0 amide bonds. The minimum Gasteiger partial charge on any atom is -0.497 e. The summed E-state index contributed by atoms with van der Waals surface area (Å²) >= 11 is 1.57. The third-order valence-electron chi connectivity index (χ3n) is 4.18. The number of hydrogen-bond donors (Lipinski definition) is 0. The maximum Gasteiger partial charge on any atom is 0.198 e. The second kappa shape index (κ2) is 7.57. The number of thiophene rings is 1. The maximum atomic E-state index is 12.9. The Hall–Kier alpha value is -2.53. The van der Waals surface area contributed by atoms with E-state index in [9.17, 15) is 4.79 Å². The normalized spacial score (nSPS) is 17.1. The molecule has 4 nitrogen and oxygen atoms in total. The number of Topliss-reactive ketones (excluding diaryl/α,β-unsaturated/α-hetero) is 1. The van der Waals surface area contributed by atoms with E-state index in [0.29, 0.717) is 29.3 Å². The average molecular weight is 356 g/mol. The molecule has 0 radical (unpaired) electrons. The zero-order valence-electron chi connectivity index (χ0n) is 14.4. The summed E-state index contributed by atoms with van der Waals surface area (Å²) in [6.45, 7) is 0. The lowest BCUT2D eigenvalue weighted by molar-refractivity contribution is 0.0915. The van der Waals surface area contributed by atoms with Crippen LogP contribution in [0.1, 0.15) is 16.8 Å². The summed E-state index contributed by atoms with van der Waals surface area (Å²) in [5.41, 5.74) is 1.82. The Kier molecular flexibility index (Phi) is 5.24. The molecule has 130 valence electrons. The molecular formula is C20H20O4S. The van der Waals surface area contributed by atoms with Gasteiger partial charge in [-0.25, -0.2) is 0 Å². The van der Waals surface area contributed by atoms with Gasteiger partial charge in [0, 0.05) is 22.2 Å². The van der Waals surface area contributed by atoms with Crippen LogP contribution in [0.2, 0.25) is 0 Å². The van der Waals surface area contributed by atoms with Crippen LogP contribution in [0.25, 0.3) is 10.4 Å². The Morgan fingerprint density at radius 2 is 1.84 bits per heavy atom. The van der Waals surface area contributed by atoms with Crippen molar-refractivity contribution in [1.82, 2.24) is 0 Å². The van der Waals surface area contributed by atoms with Crippen LogP contribution in [0.3, 0.4) is 0 Å². The van der Waals surface area contributed by atoms with Crippen LogP contribution >= 0.6 is 11.3 Å². The highest BCUT2D eigenvalue weighted by Crippen LogP contribution is 2.34. The Labute approximate surface area is 151 Å². The smallest absolute Gasteiger partial charge is 0.198 e. The summed E-state index contributed by atoms with van der Waals surface area (Å²) in [6, 6.07) is 12.0. The van der Waals surface area contributed by atoms with Crippen molar-refractivity contribution in [3.8, 4) is 10.4 Å². The van der Waals surface area contributed by atoms with Crippen LogP contribution in [0.4, 0.5) is 0 Å². The van der Waals surface area contributed by atoms with E-state index in [-0.39, 0.29) is 11.7 Å². The third kappa shape index (κ3) is 3.46. The van der Waals surface area contributed by atoms with E-state index >= 15 is 0 Å². The molecule has 0 N–H and O–H groups in total. The van der Waals surface area contributed by atoms with Gasteiger partial charge >= 0.3 is 0 Å². The number of methoxy groups -OCH3 is 3. The Bertz CT molecular complexity index is 817. The summed E-state index contributed by atoms with van der Waals surface area (Å²) in [7, 11) is 4.70. The lowest BCUT2D eigenvalue weighted by atomic mass is 9.90. The van der Waals surface area contributed by atoms with Gasteiger partial charge in [-0.2, -0.15) is 0 Å². The summed E-state index contributed by atoms with van der Waals surface area (Å²) in [4.78, 5) is 14.0. The van der Waals surface area contributed by atoms with Gasteiger partial charge in [0.25, 0.3) is 0 Å². The van der Waals surface area contributed by atoms with E-state index in [0.717, 1.165) is 10.4 Å². The molecule has 5 heteroatoms. The van der Waals surface area contributed by atoms with Gasteiger partial charge in [-0.15, -0.1) is 11.3 Å². The van der Waals surface area contributed by atoms with Crippen molar-refractivity contribution in [2.45, 2.75) is 6.42 Å². The Balaban J connectivity index is 1.86. The standard InChI is InChI=1S/C20H20O4S/c1-22-16-9-14(10-17(23-2)20(16)24-3)19(21)15-11-18(25-12-15)13-7-5-4-6-8-13/h4-9,11-12,14H,10H2,1-3H3. The highest BCUT2D eigenvalue weighted by Gasteiger charge is 2.30. The third-order valence-corrected chi connectivity index (χ3v) is 5.16. The molecule has 1 unspecified atom stereocenters. The van der Waals surface area contributed by atoms with Gasteiger partial charge in [-0.3, -0.25) is 4.79 Å². The fraction of sp³-hybridized carbons (Fsp3) is 0.250. The Morgan fingerprint density at radius 3 is 2.48 bits per heavy atom. The van der Waals surface area contributed by atoms with Gasteiger partial charge in [-0.1, -0.05) is 30.3 Å². The van der Waals surface area contributed by atoms with E-state index in [1.165, 1.54) is 0 Å².